The average Bonchev–Trinajstić information content (AvgIpc) is 2.19. The van der Waals surface area contributed by atoms with E-state index in [4.69, 9.17) is 9.47 Å². The minimum Gasteiger partial charge on any atom is -0.479 e. The molecule has 0 rings (SSSR count). The van der Waals surface area contributed by atoms with Crippen molar-refractivity contribution in [2.24, 2.45) is 5.41 Å². The van der Waals surface area contributed by atoms with Crippen LogP contribution in [0.4, 0.5) is 0 Å². The highest BCUT2D eigenvalue weighted by Crippen LogP contribution is 2.36. The lowest BCUT2D eigenvalue weighted by Gasteiger charge is -2.40. The van der Waals surface area contributed by atoms with E-state index in [-0.39, 0.29) is 18.8 Å². The van der Waals surface area contributed by atoms with Gasteiger partial charge in [0.2, 0.25) is 11.4 Å². The number of ketones is 1. The Balaban J connectivity index is 5.46. The minimum atomic E-state index is -1.89. The van der Waals surface area contributed by atoms with E-state index in [2.05, 4.69) is 0 Å². The third-order valence-electron chi connectivity index (χ3n) is 2.71. The third-order valence-corrected chi connectivity index (χ3v) is 2.71. The molecule has 5 heteroatoms. The van der Waals surface area contributed by atoms with Crippen molar-refractivity contribution in [1.29, 1.82) is 0 Å². The van der Waals surface area contributed by atoms with Crippen molar-refractivity contribution in [3.63, 3.8) is 0 Å². The first-order chi connectivity index (χ1) is 8.45. The number of carbonyl (C=O) groups is 2. The number of ether oxygens (including phenoxy) is 2. The van der Waals surface area contributed by atoms with Gasteiger partial charge in [0, 0.05) is 5.41 Å². The fraction of sp³-hybridized carbons (Fsp3) is 0.857. The Morgan fingerprint density at radius 3 is 1.79 bits per heavy atom. The minimum absolute atomic E-state index is 0.144. The highest BCUT2D eigenvalue weighted by atomic mass is 16.5. The summed E-state index contributed by atoms with van der Waals surface area (Å²) in [4.78, 5) is 24.1. The Morgan fingerprint density at radius 1 is 1.05 bits per heavy atom. The molecule has 0 heterocycles. The molecular formula is C14H26O5. The Hall–Kier alpha value is -0.940. The Bertz CT molecular complexity index is 327. The van der Waals surface area contributed by atoms with E-state index >= 15 is 0 Å². The van der Waals surface area contributed by atoms with Crippen molar-refractivity contribution < 1.29 is 24.2 Å². The van der Waals surface area contributed by atoms with Crippen molar-refractivity contribution >= 4 is 11.8 Å². The largest absolute Gasteiger partial charge is 0.479 e. The summed E-state index contributed by atoms with van der Waals surface area (Å²) in [6.45, 7) is 11.8. The van der Waals surface area contributed by atoms with Gasteiger partial charge in [0.25, 0.3) is 0 Å². The molecular weight excluding hydrogens is 248 g/mol. The molecule has 0 aromatic rings. The van der Waals surface area contributed by atoms with Crippen LogP contribution in [0, 0.1) is 5.41 Å². The maximum atomic E-state index is 12.4. The summed E-state index contributed by atoms with van der Waals surface area (Å²) in [6, 6.07) is 0. The molecule has 5 nitrogen and oxygen atoms in total. The first-order valence-corrected chi connectivity index (χ1v) is 6.51. The van der Waals surface area contributed by atoms with Gasteiger partial charge in [0.15, 0.2) is 0 Å². The summed E-state index contributed by atoms with van der Waals surface area (Å²) in [5, 5.41) is 9.54. The smallest absolute Gasteiger partial charge is 0.344 e. The lowest BCUT2D eigenvalue weighted by molar-refractivity contribution is -0.197. The van der Waals surface area contributed by atoms with Crippen molar-refractivity contribution in [2.75, 3.05) is 6.61 Å². The first-order valence-electron chi connectivity index (χ1n) is 6.51. The molecule has 112 valence electrons. The maximum absolute atomic E-state index is 12.4. The van der Waals surface area contributed by atoms with Crippen molar-refractivity contribution in [3.8, 4) is 0 Å². The summed E-state index contributed by atoms with van der Waals surface area (Å²) >= 11 is 0. The van der Waals surface area contributed by atoms with E-state index in [1.54, 1.807) is 48.5 Å². The fourth-order valence-corrected chi connectivity index (χ4v) is 1.85. The number of hydrogen-bond acceptors (Lipinski definition) is 4. The van der Waals surface area contributed by atoms with Gasteiger partial charge in [-0.25, -0.2) is 4.79 Å². The quantitative estimate of drug-likeness (QED) is 0.721. The number of hydrogen-bond donors (Lipinski definition) is 1. The standard InChI is InChI=1S/C14H26O5/c1-9(2)18-8-11(15)14(12(16)17,13(5,6)7)19-10(3)4/h9-10H,8H2,1-7H3,(H,16,17). The number of carbonyl (C=O) groups excluding carboxylic acids is 1. The molecule has 0 saturated carbocycles. The Labute approximate surface area is 115 Å². The van der Waals surface area contributed by atoms with Gasteiger partial charge in [-0.2, -0.15) is 0 Å². The second kappa shape index (κ2) is 6.48. The first kappa shape index (κ1) is 18.1. The van der Waals surface area contributed by atoms with Crippen LogP contribution in [-0.2, 0) is 19.1 Å². The number of rotatable bonds is 7. The predicted octanol–water partition coefficient (Wildman–Crippen LogP) is 2.28. The number of Topliss-reactive ketones (excluding diaryl/α,β-unsaturated/α-hetero) is 1. The topological polar surface area (TPSA) is 72.8 Å². The molecule has 19 heavy (non-hydrogen) atoms. The molecule has 0 aliphatic heterocycles. The average molecular weight is 274 g/mol. The normalized spacial score (nSPS) is 15.6. The second-order valence-electron chi connectivity index (χ2n) is 6.19. The maximum Gasteiger partial charge on any atom is 0.344 e. The van der Waals surface area contributed by atoms with E-state index in [0.29, 0.717) is 0 Å². The summed E-state index contributed by atoms with van der Waals surface area (Å²) < 4.78 is 10.8. The van der Waals surface area contributed by atoms with Gasteiger partial charge >= 0.3 is 5.97 Å². The predicted molar refractivity (Wildman–Crippen MR) is 72.1 cm³/mol. The summed E-state index contributed by atoms with van der Waals surface area (Å²) in [5.41, 5.74) is -2.77. The van der Waals surface area contributed by atoms with Crippen LogP contribution < -0.4 is 0 Å². The van der Waals surface area contributed by atoms with E-state index < -0.39 is 22.8 Å². The molecule has 1 unspecified atom stereocenters. The van der Waals surface area contributed by atoms with Crippen LogP contribution in [0.15, 0.2) is 0 Å². The van der Waals surface area contributed by atoms with E-state index in [1.807, 2.05) is 0 Å². The summed E-state index contributed by atoms with van der Waals surface area (Å²) in [7, 11) is 0. The molecule has 0 bridgehead atoms. The summed E-state index contributed by atoms with van der Waals surface area (Å²) in [6.07, 6.45) is -0.521. The SMILES string of the molecule is CC(C)OCC(=O)C(OC(C)C)(C(=O)O)C(C)(C)C. The monoisotopic (exact) mass is 274 g/mol. The molecule has 0 saturated heterocycles. The van der Waals surface area contributed by atoms with Gasteiger partial charge in [0.1, 0.15) is 6.61 Å². The van der Waals surface area contributed by atoms with Crippen molar-refractivity contribution in [1.82, 2.24) is 0 Å². The zero-order chi connectivity index (χ0) is 15.4. The Morgan fingerprint density at radius 2 is 1.53 bits per heavy atom. The van der Waals surface area contributed by atoms with Crippen LogP contribution in [0.25, 0.3) is 0 Å². The molecule has 0 fully saturated rings. The molecule has 0 aliphatic rings. The van der Waals surface area contributed by atoms with Gasteiger partial charge in [0.05, 0.1) is 12.2 Å². The van der Waals surface area contributed by atoms with Gasteiger partial charge in [-0.3, -0.25) is 4.79 Å². The van der Waals surface area contributed by atoms with Crippen LogP contribution >= 0.6 is 0 Å². The van der Waals surface area contributed by atoms with Crippen LogP contribution in [0.5, 0.6) is 0 Å². The number of carboxylic acid groups (broad SMARTS) is 1. The number of aliphatic carboxylic acids is 1. The molecule has 1 N–H and O–H groups in total. The lowest BCUT2D eigenvalue weighted by Crippen LogP contribution is -2.60. The highest BCUT2D eigenvalue weighted by molar-refractivity contribution is 6.08. The number of carboxylic acids is 1. The highest BCUT2D eigenvalue weighted by Gasteiger charge is 2.56. The molecule has 0 aromatic heterocycles. The molecule has 0 amide bonds. The molecule has 1 atom stereocenters. The van der Waals surface area contributed by atoms with E-state index in [9.17, 15) is 14.7 Å². The van der Waals surface area contributed by atoms with Crippen LogP contribution in [0.2, 0.25) is 0 Å². The van der Waals surface area contributed by atoms with Gasteiger partial charge in [-0.15, -0.1) is 0 Å². The van der Waals surface area contributed by atoms with Crippen molar-refractivity contribution in [2.45, 2.75) is 66.3 Å². The summed E-state index contributed by atoms with van der Waals surface area (Å²) in [5.74, 6) is -1.83. The lowest BCUT2D eigenvalue weighted by atomic mass is 9.73. The zero-order valence-corrected chi connectivity index (χ0v) is 12.9. The van der Waals surface area contributed by atoms with E-state index in [0.717, 1.165) is 0 Å². The van der Waals surface area contributed by atoms with Crippen LogP contribution in [0.1, 0.15) is 48.5 Å². The van der Waals surface area contributed by atoms with E-state index in [1.165, 1.54) is 0 Å². The second-order valence-corrected chi connectivity index (χ2v) is 6.19. The Kier molecular flexibility index (Phi) is 6.16. The zero-order valence-electron chi connectivity index (χ0n) is 12.9. The molecule has 0 aliphatic carbocycles. The van der Waals surface area contributed by atoms with Gasteiger partial charge in [-0.1, -0.05) is 20.8 Å². The van der Waals surface area contributed by atoms with Crippen LogP contribution in [0.3, 0.4) is 0 Å². The van der Waals surface area contributed by atoms with Crippen molar-refractivity contribution in [3.05, 3.63) is 0 Å². The van der Waals surface area contributed by atoms with Gasteiger partial charge < -0.3 is 14.6 Å². The third kappa shape index (κ3) is 4.28. The molecule has 0 aromatic carbocycles. The van der Waals surface area contributed by atoms with Crippen LogP contribution in [-0.4, -0.2) is 41.3 Å². The van der Waals surface area contributed by atoms with Gasteiger partial charge in [-0.05, 0) is 27.7 Å². The fourth-order valence-electron chi connectivity index (χ4n) is 1.85. The molecule has 0 radical (unpaired) electrons. The molecule has 0 spiro atoms.